The molecule has 1 aliphatic heterocycles. The lowest BCUT2D eigenvalue weighted by Gasteiger charge is -2.33. The zero-order chi connectivity index (χ0) is 25.7. The summed E-state index contributed by atoms with van der Waals surface area (Å²) in [5.41, 5.74) is 3.18. The van der Waals surface area contributed by atoms with Gasteiger partial charge in [0.05, 0.1) is 25.4 Å². The van der Waals surface area contributed by atoms with E-state index in [2.05, 4.69) is 40.5 Å². The number of carbonyl (C=O) groups excluding carboxylic acids is 2. The van der Waals surface area contributed by atoms with Gasteiger partial charge in [-0.1, -0.05) is 0 Å². The normalized spacial score (nSPS) is 13.9. The number of piperazine rings is 1. The van der Waals surface area contributed by atoms with Gasteiger partial charge in [-0.25, -0.2) is 4.98 Å². The minimum atomic E-state index is -0.285. The standard InChI is InChI=1S/C27H33N5O4/c1-18-15-25(32-13-11-31(2)12-14-32)29-22-7-5-19(16-21(18)22)28-26(33)9-10-27(34)30-23-17-20(35-3)6-8-24(23)36-4/h5-8,15-17H,9-14H2,1-4H3,(H,28,33)(H,30,34). The number of hydrogen-bond acceptors (Lipinski definition) is 7. The number of likely N-dealkylation sites (N-methyl/N-ethyl adjacent to an activating group) is 1. The van der Waals surface area contributed by atoms with Crippen LogP contribution in [0.1, 0.15) is 18.4 Å². The van der Waals surface area contributed by atoms with E-state index in [0.29, 0.717) is 22.9 Å². The maximum atomic E-state index is 12.5. The largest absolute Gasteiger partial charge is 0.497 e. The molecule has 3 aromatic rings. The molecular weight excluding hydrogens is 458 g/mol. The Morgan fingerprint density at radius 2 is 1.64 bits per heavy atom. The number of rotatable bonds is 8. The van der Waals surface area contributed by atoms with Gasteiger partial charge in [-0.15, -0.1) is 0 Å². The van der Waals surface area contributed by atoms with Gasteiger partial charge in [0.15, 0.2) is 0 Å². The number of pyridine rings is 1. The third-order valence-electron chi connectivity index (χ3n) is 6.37. The predicted octanol–water partition coefficient (Wildman–Crippen LogP) is 3.67. The maximum absolute atomic E-state index is 12.5. The summed E-state index contributed by atoms with van der Waals surface area (Å²) < 4.78 is 10.5. The molecule has 0 radical (unpaired) electrons. The van der Waals surface area contributed by atoms with E-state index in [4.69, 9.17) is 14.5 Å². The Morgan fingerprint density at radius 3 is 2.33 bits per heavy atom. The van der Waals surface area contributed by atoms with Gasteiger partial charge in [0.1, 0.15) is 17.3 Å². The second-order valence-corrected chi connectivity index (χ2v) is 8.98. The molecule has 2 amide bonds. The number of nitrogens with one attached hydrogen (secondary N) is 2. The number of fused-ring (bicyclic) bond motifs is 1. The maximum Gasteiger partial charge on any atom is 0.224 e. The van der Waals surface area contributed by atoms with E-state index in [9.17, 15) is 9.59 Å². The average molecular weight is 492 g/mol. The van der Waals surface area contributed by atoms with Gasteiger partial charge in [0.25, 0.3) is 0 Å². The number of aromatic nitrogens is 1. The smallest absolute Gasteiger partial charge is 0.224 e. The van der Waals surface area contributed by atoms with E-state index < -0.39 is 0 Å². The lowest BCUT2D eigenvalue weighted by molar-refractivity contribution is -0.121. The van der Waals surface area contributed by atoms with E-state index in [1.165, 1.54) is 7.11 Å². The highest BCUT2D eigenvalue weighted by atomic mass is 16.5. The van der Waals surface area contributed by atoms with Crippen LogP contribution in [0.15, 0.2) is 42.5 Å². The van der Waals surface area contributed by atoms with Crippen LogP contribution in [0.25, 0.3) is 10.9 Å². The van der Waals surface area contributed by atoms with Crippen LogP contribution < -0.4 is 25.0 Å². The first-order chi connectivity index (χ1) is 17.4. The van der Waals surface area contributed by atoms with Gasteiger partial charge in [0.2, 0.25) is 11.8 Å². The minimum Gasteiger partial charge on any atom is -0.497 e. The van der Waals surface area contributed by atoms with E-state index in [1.54, 1.807) is 25.3 Å². The Bertz CT molecular complexity index is 1250. The van der Waals surface area contributed by atoms with Gasteiger partial charge in [-0.3, -0.25) is 9.59 Å². The quantitative estimate of drug-likeness (QED) is 0.496. The Morgan fingerprint density at radius 1 is 0.917 bits per heavy atom. The highest BCUT2D eigenvalue weighted by Gasteiger charge is 2.17. The molecule has 36 heavy (non-hydrogen) atoms. The Kier molecular flexibility index (Phi) is 7.90. The fourth-order valence-electron chi connectivity index (χ4n) is 4.23. The summed E-state index contributed by atoms with van der Waals surface area (Å²) in [5.74, 6) is 1.59. The van der Waals surface area contributed by atoms with Crippen molar-refractivity contribution in [2.24, 2.45) is 0 Å². The number of amides is 2. The van der Waals surface area contributed by atoms with Crippen LogP contribution in [0.2, 0.25) is 0 Å². The molecule has 0 aliphatic carbocycles. The lowest BCUT2D eigenvalue weighted by atomic mass is 10.1. The van der Waals surface area contributed by atoms with Crippen LogP contribution in [0.5, 0.6) is 11.5 Å². The first-order valence-electron chi connectivity index (χ1n) is 12.0. The molecule has 9 heteroatoms. The molecule has 190 valence electrons. The highest BCUT2D eigenvalue weighted by molar-refractivity contribution is 5.98. The number of anilines is 3. The number of methoxy groups -OCH3 is 2. The van der Waals surface area contributed by atoms with Crippen LogP contribution in [0, 0.1) is 6.92 Å². The Labute approximate surface area is 211 Å². The van der Waals surface area contributed by atoms with Gasteiger partial charge >= 0.3 is 0 Å². The summed E-state index contributed by atoms with van der Waals surface area (Å²) in [6, 6.07) is 13.0. The molecule has 0 saturated carbocycles. The van der Waals surface area contributed by atoms with Gasteiger partial charge in [-0.05, 0) is 55.9 Å². The van der Waals surface area contributed by atoms with Crippen molar-refractivity contribution in [1.82, 2.24) is 9.88 Å². The molecule has 2 heterocycles. The number of benzene rings is 2. The van der Waals surface area contributed by atoms with Crippen molar-refractivity contribution in [3.63, 3.8) is 0 Å². The van der Waals surface area contributed by atoms with Crippen LogP contribution >= 0.6 is 0 Å². The molecule has 0 atom stereocenters. The third-order valence-corrected chi connectivity index (χ3v) is 6.37. The first-order valence-corrected chi connectivity index (χ1v) is 12.0. The molecular formula is C27H33N5O4. The van der Waals surface area contributed by atoms with Crippen molar-refractivity contribution < 1.29 is 19.1 Å². The SMILES string of the molecule is COc1ccc(OC)c(NC(=O)CCC(=O)Nc2ccc3nc(N4CCN(C)CC4)cc(C)c3c2)c1. The Hall–Kier alpha value is -3.85. The third kappa shape index (κ3) is 6.04. The van der Waals surface area contributed by atoms with Crippen LogP contribution in [0.3, 0.4) is 0 Å². The molecule has 2 aromatic carbocycles. The molecule has 1 saturated heterocycles. The molecule has 1 aliphatic rings. The minimum absolute atomic E-state index is 0.0365. The molecule has 1 aromatic heterocycles. The van der Waals surface area contributed by atoms with E-state index in [0.717, 1.165) is 48.5 Å². The van der Waals surface area contributed by atoms with Crippen molar-refractivity contribution in [2.45, 2.75) is 19.8 Å². The summed E-state index contributed by atoms with van der Waals surface area (Å²) in [7, 11) is 5.21. The zero-order valence-corrected chi connectivity index (χ0v) is 21.3. The van der Waals surface area contributed by atoms with Gasteiger partial charge in [0, 0.05) is 56.2 Å². The first kappa shape index (κ1) is 25.2. The van der Waals surface area contributed by atoms with Crippen molar-refractivity contribution in [3.8, 4) is 11.5 Å². The van der Waals surface area contributed by atoms with Crippen molar-refractivity contribution in [1.29, 1.82) is 0 Å². The second-order valence-electron chi connectivity index (χ2n) is 8.98. The van der Waals surface area contributed by atoms with E-state index >= 15 is 0 Å². The molecule has 0 spiro atoms. The summed E-state index contributed by atoms with van der Waals surface area (Å²) in [6.07, 6.45) is 0.0878. The topological polar surface area (TPSA) is 96.0 Å². The fourth-order valence-corrected chi connectivity index (χ4v) is 4.23. The summed E-state index contributed by atoms with van der Waals surface area (Å²) in [4.78, 5) is 34.5. The van der Waals surface area contributed by atoms with E-state index in [-0.39, 0.29) is 24.7 Å². The summed E-state index contributed by atoms with van der Waals surface area (Å²) in [6.45, 7) is 6.03. The molecule has 4 rings (SSSR count). The van der Waals surface area contributed by atoms with Crippen molar-refractivity contribution in [3.05, 3.63) is 48.0 Å². The predicted molar refractivity (Wildman–Crippen MR) is 142 cm³/mol. The van der Waals surface area contributed by atoms with Crippen LogP contribution in [-0.4, -0.2) is 69.1 Å². The van der Waals surface area contributed by atoms with Gasteiger partial charge in [-0.2, -0.15) is 0 Å². The number of carbonyl (C=O) groups is 2. The molecule has 0 unspecified atom stereocenters. The Balaban J connectivity index is 1.36. The fraction of sp³-hybridized carbons (Fsp3) is 0.370. The van der Waals surface area contributed by atoms with Crippen molar-refractivity contribution in [2.75, 3.05) is 63.0 Å². The summed E-state index contributed by atoms with van der Waals surface area (Å²) >= 11 is 0. The van der Waals surface area contributed by atoms with Crippen molar-refractivity contribution >= 4 is 39.9 Å². The lowest BCUT2D eigenvalue weighted by Crippen LogP contribution is -2.44. The number of hydrogen-bond donors (Lipinski definition) is 2. The molecule has 2 N–H and O–H groups in total. The number of ether oxygens (including phenoxy) is 2. The van der Waals surface area contributed by atoms with Gasteiger partial charge < -0.3 is 29.9 Å². The van der Waals surface area contributed by atoms with E-state index in [1.807, 2.05) is 18.2 Å². The second kappa shape index (κ2) is 11.3. The number of aryl methyl sites for hydroxylation is 1. The van der Waals surface area contributed by atoms with Crippen LogP contribution in [-0.2, 0) is 9.59 Å². The summed E-state index contributed by atoms with van der Waals surface area (Å²) in [5, 5.41) is 6.67. The number of nitrogens with zero attached hydrogens (tertiary/aromatic N) is 3. The molecule has 9 nitrogen and oxygen atoms in total. The molecule has 1 fully saturated rings. The highest BCUT2D eigenvalue weighted by Crippen LogP contribution is 2.29. The monoisotopic (exact) mass is 491 g/mol. The zero-order valence-electron chi connectivity index (χ0n) is 21.3. The average Bonchev–Trinajstić information content (AvgIpc) is 2.88. The van der Waals surface area contributed by atoms with Crippen LogP contribution in [0.4, 0.5) is 17.2 Å². The molecule has 0 bridgehead atoms.